The number of hydrogen-bond acceptors (Lipinski definition) is 11. The van der Waals surface area contributed by atoms with Crippen molar-refractivity contribution in [2.45, 2.75) is 157 Å². The molecule has 4 amide bonds. The highest BCUT2D eigenvalue weighted by molar-refractivity contribution is 6.01. The molecule has 102 heavy (non-hydrogen) atoms. The number of para-hydroxylation sites is 1. The molecule has 1 aliphatic rings. The fourth-order valence-corrected chi connectivity index (χ4v) is 11.0. The minimum Gasteiger partial charge on any atom is -0.486 e. The van der Waals surface area contributed by atoms with E-state index in [0.717, 1.165) is 82.8 Å². The number of carbonyl (C=O) groups excluding carboxylic acids is 4. The number of fused-ring (bicyclic) bond motifs is 3. The molecular weight excluding hydrogens is 1290 g/mol. The first-order valence-electron chi connectivity index (χ1n) is 34.8. The molecule has 5 heterocycles. The number of hydrogen-bond donors (Lipinski definition) is 4. The van der Waals surface area contributed by atoms with Crippen LogP contribution in [-0.2, 0) is 67.3 Å². The number of benzene rings is 6. The van der Waals surface area contributed by atoms with Gasteiger partial charge < -0.3 is 35.6 Å². The number of nitrogens with one attached hydrogen (secondary N) is 4. The minimum atomic E-state index is -4.46. The fourth-order valence-electron chi connectivity index (χ4n) is 11.0. The van der Waals surface area contributed by atoms with E-state index >= 15 is 0 Å². The molecule has 6 aromatic carbocycles. The van der Waals surface area contributed by atoms with Gasteiger partial charge in [-0.1, -0.05) is 153 Å². The smallest absolute Gasteiger partial charge is 0.433 e. The number of pyridine rings is 4. The Kier molecular flexibility index (Phi) is 27.0. The number of halogens is 3. The van der Waals surface area contributed by atoms with Crippen molar-refractivity contribution in [2.24, 2.45) is 0 Å². The molecule has 0 atom stereocenters. The Bertz CT molecular complexity index is 4390. The molecule has 15 nitrogen and oxygen atoms in total. The predicted molar refractivity (Wildman–Crippen MR) is 406 cm³/mol. The van der Waals surface area contributed by atoms with E-state index in [1.165, 1.54) is 39.6 Å². The minimum absolute atomic E-state index is 0.0284. The molecule has 534 valence electrons. The molecular formula is C84H96F3N9O6. The predicted octanol–water partition coefficient (Wildman–Crippen LogP) is 18.8. The summed E-state index contributed by atoms with van der Waals surface area (Å²) in [7, 11) is 0. The third-order valence-corrected chi connectivity index (χ3v) is 17.1. The molecule has 18 heteroatoms. The summed E-state index contributed by atoms with van der Waals surface area (Å²) in [5.41, 5.74) is 13.9. The summed E-state index contributed by atoms with van der Waals surface area (Å²) < 4.78 is 48.4. The van der Waals surface area contributed by atoms with E-state index in [2.05, 4.69) is 189 Å². The van der Waals surface area contributed by atoms with Crippen molar-refractivity contribution in [3.05, 3.63) is 245 Å². The van der Waals surface area contributed by atoms with E-state index in [1.54, 1.807) is 24.4 Å². The summed E-state index contributed by atoms with van der Waals surface area (Å²) in [5, 5.41) is 13.6. The van der Waals surface area contributed by atoms with Gasteiger partial charge in [-0.2, -0.15) is 13.2 Å². The Morgan fingerprint density at radius 2 is 0.971 bits per heavy atom. The number of aryl methyl sites for hydroxylation is 5. The van der Waals surface area contributed by atoms with Crippen molar-refractivity contribution in [1.82, 2.24) is 19.9 Å². The van der Waals surface area contributed by atoms with Gasteiger partial charge in [0.05, 0.1) is 16.7 Å². The quantitative estimate of drug-likeness (QED) is 0.0603. The van der Waals surface area contributed by atoms with Crippen molar-refractivity contribution in [3.63, 3.8) is 0 Å². The van der Waals surface area contributed by atoms with Crippen LogP contribution in [0.15, 0.2) is 195 Å². The number of ether oxygens (including phenoxy) is 2. The summed E-state index contributed by atoms with van der Waals surface area (Å²) in [4.78, 5) is 67.7. The van der Waals surface area contributed by atoms with Gasteiger partial charge in [0.1, 0.15) is 18.9 Å². The molecule has 4 aromatic heterocycles. The van der Waals surface area contributed by atoms with Crippen LogP contribution in [-0.4, -0.2) is 69.9 Å². The van der Waals surface area contributed by atoms with Crippen LogP contribution in [0.3, 0.4) is 0 Å². The normalized spacial score (nSPS) is 11.9. The highest BCUT2D eigenvalue weighted by atomic mass is 19.4. The van der Waals surface area contributed by atoms with E-state index in [4.69, 9.17) is 9.47 Å². The second kappa shape index (κ2) is 35.7. The molecule has 1 aliphatic heterocycles. The first-order valence-corrected chi connectivity index (χ1v) is 34.8. The molecule has 0 saturated heterocycles. The van der Waals surface area contributed by atoms with Gasteiger partial charge in [0.2, 0.25) is 23.6 Å². The summed E-state index contributed by atoms with van der Waals surface area (Å²) in [6.45, 7) is 29.0. The van der Waals surface area contributed by atoms with Crippen molar-refractivity contribution >= 4 is 73.9 Å². The monoisotopic (exact) mass is 1380 g/mol. The fraction of sp³-hybridized carbons (Fsp3) is 0.333. The Labute approximate surface area is 598 Å². The van der Waals surface area contributed by atoms with E-state index in [1.807, 2.05) is 92.0 Å². The Morgan fingerprint density at radius 1 is 0.461 bits per heavy atom. The van der Waals surface area contributed by atoms with Crippen LogP contribution in [0.25, 0.3) is 21.8 Å². The number of rotatable bonds is 19. The van der Waals surface area contributed by atoms with Gasteiger partial charge in [0.25, 0.3) is 0 Å². The van der Waals surface area contributed by atoms with Crippen LogP contribution in [0.4, 0.5) is 41.6 Å². The van der Waals surface area contributed by atoms with Crippen LogP contribution in [0.2, 0.25) is 0 Å². The molecule has 0 radical (unpaired) electrons. The molecule has 0 spiro atoms. The third-order valence-electron chi connectivity index (χ3n) is 17.1. The molecule has 10 aromatic rings. The second-order valence-corrected chi connectivity index (χ2v) is 28.2. The number of anilines is 5. The van der Waals surface area contributed by atoms with Gasteiger partial charge in [-0.15, -0.1) is 0 Å². The summed E-state index contributed by atoms with van der Waals surface area (Å²) in [6, 6.07) is 56.0. The van der Waals surface area contributed by atoms with E-state index in [-0.39, 0.29) is 46.3 Å². The second-order valence-electron chi connectivity index (χ2n) is 28.2. The number of alkyl halides is 3. The van der Waals surface area contributed by atoms with Gasteiger partial charge in [0.15, 0.2) is 11.5 Å². The zero-order valence-electron chi connectivity index (χ0n) is 60.8. The number of amides is 4. The lowest BCUT2D eigenvalue weighted by Gasteiger charge is -2.21. The largest absolute Gasteiger partial charge is 0.486 e. The zero-order chi connectivity index (χ0) is 73.6. The maximum Gasteiger partial charge on any atom is 0.433 e. The average Bonchev–Trinajstić information content (AvgIpc) is 0.828. The van der Waals surface area contributed by atoms with Gasteiger partial charge in [-0.3, -0.25) is 39.1 Å². The molecule has 4 N–H and O–H groups in total. The van der Waals surface area contributed by atoms with Crippen molar-refractivity contribution in [3.8, 4) is 11.5 Å². The van der Waals surface area contributed by atoms with Crippen molar-refractivity contribution < 1.29 is 41.8 Å². The Balaban J connectivity index is 0.000000173. The Hall–Kier alpha value is -10.5. The molecule has 0 fully saturated rings. The van der Waals surface area contributed by atoms with E-state index in [0.29, 0.717) is 73.8 Å². The van der Waals surface area contributed by atoms with Gasteiger partial charge in [-0.25, -0.2) is 0 Å². The topological polar surface area (TPSA) is 190 Å². The van der Waals surface area contributed by atoms with Crippen molar-refractivity contribution in [2.75, 3.05) is 52.5 Å². The molecule has 0 aliphatic carbocycles. The van der Waals surface area contributed by atoms with E-state index < -0.39 is 11.9 Å². The lowest BCUT2D eigenvalue weighted by atomic mass is 9.86. The molecule has 11 rings (SSSR count). The van der Waals surface area contributed by atoms with Gasteiger partial charge in [-0.05, 0) is 175 Å². The molecule has 0 saturated carbocycles. The summed E-state index contributed by atoms with van der Waals surface area (Å²) in [6.07, 6.45) is 4.16. The van der Waals surface area contributed by atoms with E-state index in [9.17, 15) is 32.3 Å². The maximum atomic E-state index is 12.5. The SMILES string of the molecule is CC(C)(C)c1ccc(CCC(=O)Nc2ccc3c(c2)OCCO3)nc1.CCN(CC)c1ccc(NC(=O)CCc2ccc(C(C)(C)C)cc2)cc1.Cc1cc(NC(=O)CCc2ccc(C(C)(C)C)cc2)c2ccccc2n1.O=C(CCc1ccc(C(F)(F)F)nc1)Nc1ccc2cccnc2c1. The highest BCUT2D eigenvalue weighted by Gasteiger charge is 2.32. The summed E-state index contributed by atoms with van der Waals surface area (Å²) in [5.74, 6) is 1.20. The maximum absolute atomic E-state index is 12.5. The first-order chi connectivity index (χ1) is 48.5. The standard InChI is InChI=1S/C23H26N2O.C23H32N2O.C20H24N2O3.C18H14F3N3O/c1-16-15-21(19-7-5-6-8-20(19)24-16)25-22(26)14-11-17-9-12-18(13-10-17)23(2,3)4;1-6-25(7-2)21-15-13-20(14-16-21)24-22(26)17-10-18-8-11-19(12-9-18)23(3,4)5;1-20(2,3)14-4-5-15(21-13-14)7-9-19(23)22-16-6-8-17-18(12-16)25-11-10-24-17;19-18(20,21)16-7-3-12(11-23-16)4-8-17(25)24-14-6-5-13-2-1-9-22-15(13)10-14/h5-10,12-13,15H,11,14H2,1-4H3,(H,24,25,26);8-9,11-16H,6-7,10,17H2,1-5H3,(H,24,26);4-6,8,12-13H,7,9-11H2,1-3H3,(H,22,23);1-3,5-7,9-11H,4,8H2,(H,24,25). The van der Waals surface area contributed by atoms with Crippen LogP contribution in [0, 0.1) is 6.92 Å². The van der Waals surface area contributed by atoms with Crippen molar-refractivity contribution in [1.29, 1.82) is 0 Å². The number of carbonyl (C=O) groups is 4. The van der Waals surface area contributed by atoms with Gasteiger partial charge >= 0.3 is 6.18 Å². The number of nitrogens with zero attached hydrogens (tertiary/aromatic N) is 5. The molecule has 0 bridgehead atoms. The highest BCUT2D eigenvalue weighted by Crippen LogP contribution is 2.34. The van der Waals surface area contributed by atoms with Gasteiger partial charge in [0, 0.05) is 108 Å². The van der Waals surface area contributed by atoms with Crippen LogP contribution >= 0.6 is 0 Å². The lowest BCUT2D eigenvalue weighted by molar-refractivity contribution is -0.141. The van der Waals surface area contributed by atoms with Crippen LogP contribution in [0.1, 0.15) is 152 Å². The zero-order valence-corrected chi connectivity index (χ0v) is 60.8. The summed E-state index contributed by atoms with van der Waals surface area (Å²) >= 11 is 0. The lowest BCUT2D eigenvalue weighted by Crippen LogP contribution is -2.21. The average molecular weight is 1380 g/mol. The van der Waals surface area contributed by atoms with Crippen LogP contribution in [0.5, 0.6) is 11.5 Å². The Morgan fingerprint density at radius 3 is 1.52 bits per heavy atom. The third kappa shape index (κ3) is 24.1. The first kappa shape index (κ1) is 77.3. The van der Waals surface area contributed by atoms with Crippen LogP contribution < -0.4 is 35.6 Å². The number of aromatic nitrogens is 4. The molecule has 0 unspecified atom stereocenters.